The minimum Gasteiger partial charge on any atom is -0.507 e. The number of nitrogens with two attached hydrogens (primary N) is 1. The van der Waals surface area contributed by atoms with Crippen molar-refractivity contribution in [3.05, 3.63) is 106 Å². The molecule has 0 unspecified atom stereocenters. The van der Waals surface area contributed by atoms with Crippen molar-refractivity contribution in [3.63, 3.8) is 0 Å². The molecular weight excluding hydrogens is 574 g/mol. The number of nitrogens with zero attached hydrogens (tertiary/aromatic N) is 2. The molecule has 1 saturated heterocycles. The van der Waals surface area contributed by atoms with E-state index in [4.69, 9.17) is 5.73 Å². The van der Waals surface area contributed by atoms with E-state index in [1.165, 1.54) is 11.0 Å². The number of amides is 1. The number of aromatic hydroxyl groups is 1. The van der Waals surface area contributed by atoms with E-state index in [1.807, 2.05) is 29.2 Å². The zero-order valence-electron chi connectivity index (χ0n) is 22.7. The predicted molar refractivity (Wildman–Crippen MR) is 150 cm³/mol. The molecule has 12 heteroatoms. The highest BCUT2D eigenvalue weighted by atomic mass is 19.4. The fourth-order valence-corrected chi connectivity index (χ4v) is 5.42. The number of carbonyl (C=O) groups excluding carboxylic acids is 1. The summed E-state index contributed by atoms with van der Waals surface area (Å²) in [5, 5.41) is 11.0. The maximum Gasteiger partial charge on any atom is 0.416 e. The lowest BCUT2D eigenvalue weighted by molar-refractivity contribution is -0.143. The van der Waals surface area contributed by atoms with Crippen molar-refractivity contribution in [3.8, 4) is 5.75 Å². The lowest BCUT2D eigenvalue weighted by atomic mass is 9.98. The van der Waals surface area contributed by atoms with Crippen molar-refractivity contribution in [2.45, 2.75) is 24.8 Å². The maximum absolute atomic E-state index is 13.7. The van der Waals surface area contributed by atoms with Crippen molar-refractivity contribution >= 4 is 22.9 Å². The number of benzene rings is 3. The third kappa shape index (κ3) is 6.80. The van der Waals surface area contributed by atoms with E-state index in [9.17, 15) is 36.2 Å². The Kier molecular flexibility index (Phi) is 8.15. The Bertz CT molecular complexity index is 1630. The molecule has 1 atom stereocenters. The van der Waals surface area contributed by atoms with Crippen LogP contribution in [-0.2, 0) is 18.8 Å². The summed E-state index contributed by atoms with van der Waals surface area (Å²) in [6, 6.07) is 14.5. The molecule has 0 radical (unpaired) electrons. The zero-order valence-corrected chi connectivity index (χ0v) is 22.7. The van der Waals surface area contributed by atoms with E-state index < -0.39 is 41.0 Å². The largest absolute Gasteiger partial charge is 0.507 e. The minimum atomic E-state index is -5.07. The number of H-pyrrole nitrogens is 1. The first-order valence-corrected chi connectivity index (χ1v) is 13.4. The molecule has 0 bridgehead atoms. The highest BCUT2D eigenvalue weighted by Gasteiger charge is 2.39. The number of alkyl halides is 6. The molecule has 1 aromatic heterocycles. The van der Waals surface area contributed by atoms with Crippen LogP contribution in [0.1, 0.15) is 32.6 Å². The van der Waals surface area contributed by atoms with Crippen molar-refractivity contribution in [2.75, 3.05) is 26.2 Å². The molecule has 5 rings (SSSR count). The molecule has 1 amide bonds. The summed E-state index contributed by atoms with van der Waals surface area (Å²) in [6.07, 6.45) is -6.45. The summed E-state index contributed by atoms with van der Waals surface area (Å²) in [7, 11) is 0. The zero-order chi connectivity index (χ0) is 30.9. The third-order valence-electron chi connectivity index (χ3n) is 7.48. The predicted octanol–water partition coefficient (Wildman–Crippen LogP) is 6.28. The Hall–Kier alpha value is -4.45. The molecule has 1 aliphatic heterocycles. The van der Waals surface area contributed by atoms with Gasteiger partial charge in [0, 0.05) is 66.1 Å². The van der Waals surface area contributed by atoms with Gasteiger partial charge in [0.15, 0.2) is 0 Å². The Labute approximate surface area is 243 Å². The van der Waals surface area contributed by atoms with Gasteiger partial charge < -0.3 is 20.7 Å². The normalized spacial score (nSPS) is 17.0. The van der Waals surface area contributed by atoms with Crippen LogP contribution in [0.3, 0.4) is 0 Å². The van der Waals surface area contributed by atoms with Crippen LogP contribution in [0.15, 0.2) is 78.6 Å². The number of nitrogens with one attached hydrogen (secondary N) is 1. The molecule has 1 aliphatic rings. The second-order valence-corrected chi connectivity index (χ2v) is 10.5. The number of para-hydroxylation sites is 2. The standard InChI is InChI=1S/C31H28F6N4O2/c32-30(33,34)22-11-20(12-23(15-22)31(35,36)37)29(43)41-10-9-40(17-24(38)13-19-5-1-4-8-28(19)42)18-25(41)14-21-16-39-27-7-3-2-6-26(21)27/h1-8,11-13,15-16,25,39,42H,9-10,14,17-18,38H2/t25-/m1/s1. The average molecular weight is 603 g/mol. The van der Waals surface area contributed by atoms with Gasteiger partial charge in [-0.15, -0.1) is 0 Å². The first-order chi connectivity index (χ1) is 20.3. The summed E-state index contributed by atoms with van der Waals surface area (Å²) in [5.74, 6) is -0.865. The molecular formula is C31H28F6N4O2. The fraction of sp³-hybridized carbons (Fsp3) is 0.258. The number of hydrogen-bond acceptors (Lipinski definition) is 4. The SMILES string of the molecule is NC(=Cc1ccccc1O)CN1CCN(C(=O)c2cc(C(F)(F)F)cc(C(F)(F)F)c2)[C@H](Cc2c[nH]c3ccccc23)C1. The Morgan fingerprint density at radius 3 is 2.28 bits per heavy atom. The van der Waals surface area contributed by atoms with Crippen LogP contribution in [0.25, 0.3) is 17.0 Å². The summed E-state index contributed by atoms with van der Waals surface area (Å²) >= 11 is 0. The number of piperazine rings is 1. The maximum atomic E-state index is 13.7. The van der Waals surface area contributed by atoms with Crippen LogP contribution >= 0.6 is 0 Å². The Morgan fingerprint density at radius 2 is 1.60 bits per heavy atom. The highest BCUT2D eigenvalue weighted by Crippen LogP contribution is 2.37. The Balaban J connectivity index is 1.46. The Morgan fingerprint density at radius 1 is 0.953 bits per heavy atom. The number of aromatic amines is 1. The van der Waals surface area contributed by atoms with Crippen LogP contribution in [0, 0.1) is 0 Å². The lowest BCUT2D eigenvalue weighted by Crippen LogP contribution is -2.56. The molecule has 3 aromatic carbocycles. The number of hydrogen-bond donors (Lipinski definition) is 3. The number of aromatic nitrogens is 1. The summed E-state index contributed by atoms with van der Waals surface area (Å²) in [6.45, 7) is 0.845. The monoisotopic (exact) mass is 602 g/mol. The van der Waals surface area contributed by atoms with E-state index >= 15 is 0 Å². The number of halogens is 6. The number of phenols is 1. The van der Waals surface area contributed by atoms with Gasteiger partial charge in [-0.05, 0) is 48.4 Å². The fourth-order valence-electron chi connectivity index (χ4n) is 5.42. The molecule has 226 valence electrons. The van der Waals surface area contributed by atoms with Crippen LogP contribution in [-0.4, -0.2) is 58.0 Å². The van der Waals surface area contributed by atoms with Crippen molar-refractivity contribution in [2.24, 2.45) is 5.73 Å². The quantitative estimate of drug-likeness (QED) is 0.227. The smallest absolute Gasteiger partial charge is 0.416 e. The first-order valence-electron chi connectivity index (χ1n) is 13.4. The number of fused-ring (bicyclic) bond motifs is 1. The number of rotatable bonds is 6. The number of phenolic OH excluding ortho intramolecular Hbond substituents is 1. The van der Waals surface area contributed by atoms with Gasteiger partial charge >= 0.3 is 12.4 Å². The summed E-state index contributed by atoms with van der Waals surface area (Å²) in [5.41, 5.74) is 5.16. The first kappa shape index (κ1) is 30.0. The number of carbonyl (C=O) groups is 1. The lowest BCUT2D eigenvalue weighted by Gasteiger charge is -2.42. The second-order valence-electron chi connectivity index (χ2n) is 10.5. The van der Waals surface area contributed by atoms with Gasteiger partial charge in [0.05, 0.1) is 11.1 Å². The summed E-state index contributed by atoms with van der Waals surface area (Å²) in [4.78, 5) is 20.1. The van der Waals surface area contributed by atoms with E-state index in [1.54, 1.807) is 30.5 Å². The molecule has 2 heterocycles. The second kappa shape index (κ2) is 11.7. The van der Waals surface area contributed by atoms with E-state index in [-0.39, 0.29) is 38.0 Å². The molecule has 0 spiro atoms. The molecule has 43 heavy (non-hydrogen) atoms. The molecule has 6 nitrogen and oxygen atoms in total. The van der Waals surface area contributed by atoms with Gasteiger partial charge in [-0.2, -0.15) is 26.3 Å². The minimum absolute atomic E-state index is 0.0117. The topological polar surface area (TPSA) is 85.6 Å². The van der Waals surface area contributed by atoms with Crippen LogP contribution in [0.5, 0.6) is 5.75 Å². The van der Waals surface area contributed by atoms with Gasteiger partial charge in [-0.1, -0.05) is 36.4 Å². The average Bonchev–Trinajstić information content (AvgIpc) is 3.35. The molecule has 4 N–H and O–H groups in total. The van der Waals surface area contributed by atoms with Crippen molar-refractivity contribution in [1.82, 2.24) is 14.8 Å². The van der Waals surface area contributed by atoms with Crippen LogP contribution in [0.2, 0.25) is 0 Å². The van der Waals surface area contributed by atoms with Crippen molar-refractivity contribution < 1.29 is 36.2 Å². The molecule has 1 fully saturated rings. The molecule has 4 aromatic rings. The third-order valence-corrected chi connectivity index (χ3v) is 7.48. The molecule has 0 aliphatic carbocycles. The van der Waals surface area contributed by atoms with Crippen LogP contribution in [0.4, 0.5) is 26.3 Å². The van der Waals surface area contributed by atoms with Gasteiger partial charge in [0.25, 0.3) is 5.91 Å². The van der Waals surface area contributed by atoms with E-state index in [0.29, 0.717) is 29.8 Å². The van der Waals surface area contributed by atoms with Gasteiger partial charge in [0.2, 0.25) is 0 Å². The molecule has 0 saturated carbocycles. The van der Waals surface area contributed by atoms with Gasteiger partial charge in [0.1, 0.15) is 5.75 Å². The van der Waals surface area contributed by atoms with E-state index in [2.05, 4.69) is 4.98 Å². The van der Waals surface area contributed by atoms with Gasteiger partial charge in [-0.3, -0.25) is 9.69 Å². The van der Waals surface area contributed by atoms with E-state index in [0.717, 1.165) is 16.5 Å². The summed E-state index contributed by atoms with van der Waals surface area (Å²) < 4.78 is 81.2. The highest BCUT2D eigenvalue weighted by molar-refractivity contribution is 5.95. The van der Waals surface area contributed by atoms with Gasteiger partial charge in [-0.25, -0.2) is 0 Å². The van der Waals surface area contributed by atoms with Crippen molar-refractivity contribution in [1.29, 1.82) is 0 Å². The van der Waals surface area contributed by atoms with Crippen LogP contribution < -0.4 is 5.73 Å².